The van der Waals surface area contributed by atoms with Gasteiger partial charge in [0.1, 0.15) is 5.82 Å². The van der Waals surface area contributed by atoms with E-state index in [0.717, 1.165) is 12.0 Å². The highest BCUT2D eigenvalue weighted by molar-refractivity contribution is 7.89. The van der Waals surface area contributed by atoms with Crippen molar-refractivity contribution < 1.29 is 8.42 Å². The highest BCUT2D eigenvalue weighted by atomic mass is 35.5. The molecule has 1 aromatic heterocycles. The van der Waals surface area contributed by atoms with E-state index in [4.69, 9.17) is 11.6 Å². The molecule has 23 heavy (non-hydrogen) atoms. The first-order valence-electron chi connectivity index (χ1n) is 7.22. The smallest absolute Gasteiger partial charge is 0.240 e. The van der Waals surface area contributed by atoms with Gasteiger partial charge < -0.3 is 5.32 Å². The Kier molecular flexibility index (Phi) is 5.56. The summed E-state index contributed by atoms with van der Waals surface area (Å²) in [6, 6.07) is 6.36. The van der Waals surface area contributed by atoms with Gasteiger partial charge in [0.25, 0.3) is 0 Å². The minimum absolute atomic E-state index is 0.134. The molecule has 124 valence electrons. The maximum Gasteiger partial charge on any atom is 0.240 e. The second-order valence-corrected chi connectivity index (χ2v) is 7.35. The third-order valence-electron chi connectivity index (χ3n) is 3.01. The molecule has 1 aromatic carbocycles. The van der Waals surface area contributed by atoms with Crippen molar-refractivity contribution >= 4 is 33.1 Å². The van der Waals surface area contributed by atoms with E-state index in [-0.39, 0.29) is 16.2 Å². The van der Waals surface area contributed by atoms with Gasteiger partial charge in [0.2, 0.25) is 15.3 Å². The van der Waals surface area contributed by atoms with Gasteiger partial charge in [-0.25, -0.2) is 23.1 Å². The highest BCUT2D eigenvalue weighted by Gasteiger charge is 2.16. The molecule has 0 bridgehead atoms. The molecule has 0 aliphatic heterocycles. The van der Waals surface area contributed by atoms with Crippen LogP contribution >= 0.6 is 11.6 Å². The van der Waals surface area contributed by atoms with Crippen LogP contribution in [0.15, 0.2) is 35.4 Å². The fourth-order valence-electron chi connectivity index (χ4n) is 2.01. The molecule has 0 saturated carbocycles. The van der Waals surface area contributed by atoms with Crippen molar-refractivity contribution in [2.24, 2.45) is 0 Å². The van der Waals surface area contributed by atoms with Crippen molar-refractivity contribution in [2.45, 2.75) is 38.1 Å². The van der Waals surface area contributed by atoms with Crippen LogP contribution in [0.25, 0.3) is 0 Å². The van der Waals surface area contributed by atoms with Gasteiger partial charge in [-0.2, -0.15) is 0 Å². The van der Waals surface area contributed by atoms with E-state index in [1.54, 1.807) is 44.3 Å². The van der Waals surface area contributed by atoms with E-state index in [0.29, 0.717) is 11.5 Å². The number of hydrogen-bond acceptors (Lipinski definition) is 5. The first-order chi connectivity index (χ1) is 10.8. The van der Waals surface area contributed by atoms with Crippen LogP contribution in [-0.4, -0.2) is 24.4 Å². The number of halogens is 1. The third-order valence-corrected chi connectivity index (χ3v) is 4.85. The van der Waals surface area contributed by atoms with Gasteiger partial charge >= 0.3 is 0 Å². The Morgan fingerprint density at radius 3 is 2.70 bits per heavy atom. The van der Waals surface area contributed by atoms with E-state index in [9.17, 15) is 8.42 Å². The predicted octanol–water partition coefficient (Wildman–Crippen LogP) is 3.12. The molecule has 0 saturated heterocycles. The predicted molar refractivity (Wildman–Crippen MR) is 91.6 cm³/mol. The summed E-state index contributed by atoms with van der Waals surface area (Å²) in [4.78, 5) is 8.30. The zero-order chi connectivity index (χ0) is 17.0. The molecule has 0 atom stereocenters. The second-order valence-electron chi connectivity index (χ2n) is 5.30. The van der Waals surface area contributed by atoms with Gasteiger partial charge in [-0.05, 0) is 50.1 Å². The Hall–Kier alpha value is -1.70. The summed E-state index contributed by atoms with van der Waals surface area (Å²) < 4.78 is 27.0. The molecular weight excluding hydrogens is 336 g/mol. The van der Waals surface area contributed by atoms with Crippen molar-refractivity contribution in [3.05, 3.63) is 41.3 Å². The molecule has 0 spiro atoms. The molecule has 0 amide bonds. The number of nitrogens with one attached hydrogen (secondary N) is 2. The maximum atomic E-state index is 12.2. The standard InChI is InChI=1S/C15H19ClN4O2S/c1-4-11-9-17-15(16)19-14(11)18-12-6-5-7-13(8-12)23(21,22)20-10(2)3/h5-10,20H,4H2,1-3H3,(H,17,18,19). The van der Waals surface area contributed by atoms with Crippen LogP contribution in [0.5, 0.6) is 0 Å². The number of hydrogen-bond donors (Lipinski definition) is 2. The van der Waals surface area contributed by atoms with Crippen LogP contribution in [0, 0.1) is 0 Å². The minimum Gasteiger partial charge on any atom is -0.340 e. The molecule has 2 N–H and O–H groups in total. The fourth-order valence-corrected chi connectivity index (χ4v) is 3.44. The van der Waals surface area contributed by atoms with Gasteiger partial charge in [0.05, 0.1) is 4.90 Å². The molecule has 0 fully saturated rings. The lowest BCUT2D eigenvalue weighted by atomic mass is 10.2. The summed E-state index contributed by atoms with van der Waals surface area (Å²) in [5, 5.41) is 3.24. The zero-order valence-electron chi connectivity index (χ0n) is 13.2. The number of aromatic nitrogens is 2. The molecule has 0 radical (unpaired) electrons. The highest BCUT2D eigenvalue weighted by Crippen LogP contribution is 2.22. The molecular formula is C15H19ClN4O2S. The van der Waals surface area contributed by atoms with Crippen LogP contribution in [0.2, 0.25) is 5.28 Å². The van der Waals surface area contributed by atoms with Crippen LogP contribution in [0.1, 0.15) is 26.3 Å². The SMILES string of the molecule is CCc1cnc(Cl)nc1Nc1cccc(S(=O)(=O)NC(C)C)c1. The number of benzene rings is 1. The van der Waals surface area contributed by atoms with E-state index in [1.165, 1.54) is 0 Å². The lowest BCUT2D eigenvalue weighted by Gasteiger charge is -2.13. The van der Waals surface area contributed by atoms with E-state index in [1.807, 2.05) is 6.92 Å². The maximum absolute atomic E-state index is 12.2. The summed E-state index contributed by atoms with van der Waals surface area (Å²) >= 11 is 5.83. The van der Waals surface area contributed by atoms with Gasteiger partial charge in [-0.1, -0.05) is 13.0 Å². The molecule has 6 nitrogen and oxygen atoms in total. The third kappa shape index (κ3) is 4.63. The first kappa shape index (κ1) is 17.7. The quantitative estimate of drug-likeness (QED) is 0.778. The van der Waals surface area contributed by atoms with Gasteiger partial charge in [0, 0.05) is 23.5 Å². The molecule has 1 heterocycles. The lowest BCUT2D eigenvalue weighted by Crippen LogP contribution is -2.30. The van der Waals surface area contributed by atoms with Crippen molar-refractivity contribution in [1.82, 2.24) is 14.7 Å². The molecule has 0 unspecified atom stereocenters. The Morgan fingerprint density at radius 2 is 2.04 bits per heavy atom. The summed E-state index contributed by atoms with van der Waals surface area (Å²) in [5.74, 6) is 0.568. The number of sulfonamides is 1. The molecule has 8 heteroatoms. The van der Waals surface area contributed by atoms with Gasteiger partial charge in [-0.3, -0.25) is 0 Å². The summed E-state index contributed by atoms with van der Waals surface area (Å²) in [7, 11) is -3.55. The van der Waals surface area contributed by atoms with Gasteiger partial charge in [-0.15, -0.1) is 0 Å². The largest absolute Gasteiger partial charge is 0.340 e. The monoisotopic (exact) mass is 354 g/mol. The van der Waals surface area contributed by atoms with Crippen molar-refractivity contribution in [3.63, 3.8) is 0 Å². The average molecular weight is 355 g/mol. The van der Waals surface area contributed by atoms with Crippen LogP contribution < -0.4 is 10.0 Å². The minimum atomic E-state index is -3.55. The Bertz CT molecular complexity index is 794. The fraction of sp³-hybridized carbons (Fsp3) is 0.333. The van der Waals surface area contributed by atoms with E-state index >= 15 is 0 Å². The van der Waals surface area contributed by atoms with E-state index in [2.05, 4.69) is 20.0 Å². The Morgan fingerprint density at radius 1 is 1.30 bits per heavy atom. The van der Waals surface area contributed by atoms with E-state index < -0.39 is 10.0 Å². The topological polar surface area (TPSA) is 84.0 Å². The average Bonchev–Trinajstić information content (AvgIpc) is 2.46. The lowest BCUT2D eigenvalue weighted by molar-refractivity contribution is 0.570. The number of aryl methyl sites for hydroxylation is 1. The summed E-state index contributed by atoms with van der Waals surface area (Å²) in [5.41, 5.74) is 1.50. The van der Waals surface area contributed by atoms with Crippen LogP contribution in [-0.2, 0) is 16.4 Å². The number of rotatable bonds is 6. The van der Waals surface area contributed by atoms with Crippen LogP contribution in [0.3, 0.4) is 0 Å². The Balaban J connectivity index is 2.33. The van der Waals surface area contributed by atoms with Crippen LogP contribution in [0.4, 0.5) is 11.5 Å². The van der Waals surface area contributed by atoms with Crippen molar-refractivity contribution in [1.29, 1.82) is 0 Å². The molecule has 2 rings (SSSR count). The normalized spacial score (nSPS) is 11.7. The summed E-state index contributed by atoms with van der Waals surface area (Å²) in [6.45, 7) is 5.53. The van der Waals surface area contributed by atoms with Gasteiger partial charge in [0.15, 0.2) is 0 Å². The summed E-state index contributed by atoms with van der Waals surface area (Å²) in [6.07, 6.45) is 2.38. The number of anilines is 2. The number of nitrogens with zero attached hydrogens (tertiary/aromatic N) is 2. The van der Waals surface area contributed by atoms with Crippen molar-refractivity contribution in [3.8, 4) is 0 Å². The van der Waals surface area contributed by atoms with Crippen molar-refractivity contribution in [2.75, 3.05) is 5.32 Å². The zero-order valence-corrected chi connectivity index (χ0v) is 14.7. The second kappa shape index (κ2) is 7.25. The first-order valence-corrected chi connectivity index (χ1v) is 9.08. The molecule has 0 aliphatic carbocycles. The molecule has 0 aliphatic rings. The Labute approximate surface area is 141 Å². The molecule has 2 aromatic rings.